The predicted molar refractivity (Wildman–Crippen MR) is 70.0 cm³/mol. The molecule has 0 aliphatic carbocycles. The monoisotopic (exact) mass is 312 g/mol. The lowest BCUT2D eigenvalue weighted by molar-refractivity contribution is 0.250. The highest BCUT2D eigenvalue weighted by atomic mass is 79.9. The van der Waals surface area contributed by atoms with Crippen molar-refractivity contribution in [3.05, 3.63) is 0 Å². The van der Waals surface area contributed by atoms with Crippen LogP contribution in [0.2, 0.25) is 0 Å². The first kappa shape index (κ1) is 14.4. The number of piperidine rings is 1. The first-order valence-corrected chi connectivity index (χ1v) is 8.04. The van der Waals surface area contributed by atoms with E-state index in [-0.39, 0.29) is 10.9 Å². The maximum absolute atomic E-state index is 12.3. The molecule has 2 unspecified atom stereocenters. The Bertz CT molecular complexity index is 319. The minimum absolute atomic E-state index is 0.131. The van der Waals surface area contributed by atoms with Crippen LogP contribution < -0.4 is 0 Å². The van der Waals surface area contributed by atoms with Crippen molar-refractivity contribution in [1.82, 2.24) is 8.61 Å². The maximum Gasteiger partial charge on any atom is 0.282 e. The van der Waals surface area contributed by atoms with Crippen molar-refractivity contribution >= 4 is 26.1 Å². The first-order valence-electron chi connectivity index (χ1n) is 5.73. The van der Waals surface area contributed by atoms with Crippen LogP contribution in [-0.4, -0.2) is 48.0 Å². The molecule has 1 aliphatic heterocycles. The fraction of sp³-hybridized carbons (Fsp3) is 1.00. The second kappa shape index (κ2) is 5.80. The normalized spacial score (nSPS) is 25.9. The van der Waals surface area contributed by atoms with E-state index in [4.69, 9.17) is 0 Å². The molecule has 1 aliphatic rings. The topological polar surface area (TPSA) is 40.6 Å². The highest BCUT2D eigenvalue weighted by Gasteiger charge is 2.32. The van der Waals surface area contributed by atoms with Gasteiger partial charge in [0, 0.05) is 31.0 Å². The summed E-state index contributed by atoms with van der Waals surface area (Å²) >= 11 is 3.38. The molecule has 16 heavy (non-hydrogen) atoms. The highest BCUT2D eigenvalue weighted by Crippen LogP contribution is 2.22. The van der Waals surface area contributed by atoms with Crippen molar-refractivity contribution in [2.24, 2.45) is 0 Å². The second-order valence-electron chi connectivity index (χ2n) is 4.52. The molecule has 6 heteroatoms. The molecule has 0 aromatic carbocycles. The number of halogens is 1. The van der Waals surface area contributed by atoms with E-state index in [1.807, 2.05) is 13.8 Å². The van der Waals surface area contributed by atoms with Crippen LogP contribution >= 0.6 is 15.9 Å². The molecular weight excluding hydrogens is 292 g/mol. The fourth-order valence-corrected chi connectivity index (χ4v) is 4.36. The van der Waals surface area contributed by atoms with Crippen LogP contribution in [0.1, 0.15) is 33.1 Å². The van der Waals surface area contributed by atoms with Gasteiger partial charge in [-0.3, -0.25) is 0 Å². The van der Waals surface area contributed by atoms with Crippen LogP contribution in [0.15, 0.2) is 0 Å². The minimum atomic E-state index is -3.27. The molecule has 1 saturated heterocycles. The van der Waals surface area contributed by atoms with Gasteiger partial charge in [-0.25, -0.2) is 0 Å². The van der Waals surface area contributed by atoms with E-state index in [0.29, 0.717) is 13.1 Å². The number of nitrogens with zero attached hydrogens (tertiary/aromatic N) is 2. The van der Waals surface area contributed by atoms with E-state index in [1.54, 1.807) is 11.4 Å². The Hall–Kier alpha value is 0.350. The Labute approximate surface area is 107 Å². The zero-order valence-electron chi connectivity index (χ0n) is 10.2. The molecule has 0 aromatic rings. The lowest BCUT2D eigenvalue weighted by Crippen LogP contribution is -2.49. The largest absolute Gasteiger partial charge is 0.282 e. The third-order valence-corrected chi connectivity index (χ3v) is 5.30. The predicted octanol–water partition coefficient (Wildman–Crippen LogP) is 1.82. The molecule has 1 rings (SSSR count). The van der Waals surface area contributed by atoms with Gasteiger partial charge >= 0.3 is 0 Å². The summed E-state index contributed by atoms with van der Waals surface area (Å²) in [6.45, 7) is 5.10. The van der Waals surface area contributed by atoms with Crippen LogP contribution in [0.3, 0.4) is 0 Å². The molecule has 2 atom stereocenters. The summed E-state index contributed by atoms with van der Waals surface area (Å²) in [5.41, 5.74) is 0. The van der Waals surface area contributed by atoms with Crippen LogP contribution in [-0.2, 0) is 10.2 Å². The zero-order valence-corrected chi connectivity index (χ0v) is 12.6. The van der Waals surface area contributed by atoms with Gasteiger partial charge in [0.1, 0.15) is 0 Å². The van der Waals surface area contributed by atoms with Gasteiger partial charge in [0.2, 0.25) is 0 Å². The smallest absolute Gasteiger partial charge is 0.195 e. The van der Waals surface area contributed by atoms with Crippen molar-refractivity contribution < 1.29 is 8.42 Å². The van der Waals surface area contributed by atoms with Gasteiger partial charge < -0.3 is 0 Å². The Kier molecular flexibility index (Phi) is 5.22. The molecule has 96 valence electrons. The summed E-state index contributed by atoms with van der Waals surface area (Å²) in [6.07, 6.45) is 3.07. The van der Waals surface area contributed by atoms with Crippen molar-refractivity contribution in [3.8, 4) is 0 Å². The molecular formula is C10H21BrN2O2S. The minimum Gasteiger partial charge on any atom is -0.195 e. The standard InChI is InChI=1S/C10H21BrN2O2S/c1-9(11)8-12(3)16(14,15)13-7-5-4-6-10(13)2/h9-10H,4-8H2,1-3H3. The molecule has 0 saturated carbocycles. The van der Waals surface area contributed by atoms with Gasteiger partial charge in [-0.1, -0.05) is 29.3 Å². The van der Waals surface area contributed by atoms with Gasteiger partial charge in [-0.05, 0) is 19.8 Å². The molecule has 1 fully saturated rings. The van der Waals surface area contributed by atoms with Crippen LogP contribution in [0.4, 0.5) is 0 Å². The zero-order chi connectivity index (χ0) is 12.3. The number of hydrogen-bond acceptors (Lipinski definition) is 2. The van der Waals surface area contributed by atoms with E-state index in [2.05, 4.69) is 15.9 Å². The van der Waals surface area contributed by atoms with E-state index in [9.17, 15) is 8.42 Å². The fourth-order valence-electron chi connectivity index (χ4n) is 2.04. The summed E-state index contributed by atoms with van der Waals surface area (Å²) in [6, 6.07) is 0.131. The van der Waals surface area contributed by atoms with Crippen molar-refractivity contribution in [3.63, 3.8) is 0 Å². The van der Waals surface area contributed by atoms with Crippen LogP contribution in [0, 0.1) is 0 Å². The van der Waals surface area contributed by atoms with Crippen molar-refractivity contribution in [2.75, 3.05) is 20.1 Å². The molecule has 1 heterocycles. The molecule has 4 nitrogen and oxygen atoms in total. The Morgan fingerprint density at radius 3 is 2.62 bits per heavy atom. The maximum atomic E-state index is 12.3. The highest BCUT2D eigenvalue weighted by molar-refractivity contribution is 9.09. The quantitative estimate of drug-likeness (QED) is 0.743. The summed E-state index contributed by atoms with van der Waals surface area (Å²) in [5.74, 6) is 0. The summed E-state index contributed by atoms with van der Waals surface area (Å²) < 4.78 is 27.6. The van der Waals surface area contributed by atoms with E-state index in [1.165, 1.54) is 4.31 Å². The Morgan fingerprint density at radius 2 is 2.12 bits per heavy atom. The lowest BCUT2D eigenvalue weighted by atomic mass is 10.1. The first-order chi connectivity index (χ1) is 7.35. The van der Waals surface area contributed by atoms with E-state index < -0.39 is 10.2 Å². The summed E-state index contributed by atoms with van der Waals surface area (Å²) in [5, 5.41) is 0. The number of rotatable bonds is 4. The van der Waals surface area contributed by atoms with E-state index >= 15 is 0 Å². The Balaban J connectivity index is 2.75. The second-order valence-corrected chi connectivity index (χ2v) is 8.08. The van der Waals surface area contributed by atoms with E-state index in [0.717, 1.165) is 19.3 Å². The SMILES string of the molecule is CC(Br)CN(C)S(=O)(=O)N1CCCCC1C. The van der Waals surface area contributed by atoms with Gasteiger partial charge in [0.05, 0.1) is 0 Å². The number of alkyl halides is 1. The van der Waals surface area contributed by atoms with Gasteiger partial charge in [-0.2, -0.15) is 17.0 Å². The number of hydrogen-bond donors (Lipinski definition) is 0. The van der Waals surface area contributed by atoms with Crippen molar-refractivity contribution in [1.29, 1.82) is 0 Å². The molecule has 0 aromatic heterocycles. The third-order valence-electron chi connectivity index (χ3n) is 2.94. The van der Waals surface area contributed by atoms with Crippen molar-refractivity contribution in [2.45, 2.75) is 44.0 Å². The molecule has 0 N–H and O–H groups in total. The summed E-state index contributed by atoms with van der Waals surface area (Å²) in [4.78, 5) is 0.173. The van der Waals surface area contributed by atoms with Crippen LogP contribution in [0.5, 0.6) is 0 Å². The Morgan fingerprint density at radius 1 is 1.50 bits per heavy atom. The van der Waals surface area contributed by atoms with Gasteiger partial charge in [-0.15, -0.1) is 0 Å². The van der Waals surface area contributed by atoms with Gasteiger partial charge in [0.25, 0.3) is 10.2 Å². The molecule has 0 spiro atoms. The van der Waals surface area contributed by atoms with Gasteiger partial charge in [0.15, 0.2) is 0 Å². The lowest BCUT2D eigenvalue weighted by Gasteiger charge is -2.35. The average molecular weight is 313 g/mol. The van der Waals surface area contributed by atoms with Crippen LogP contribution in [0.25, 0.3) is 0 Å². The summed E-state index contributed by atoms with van der Waals surface area (Å²) in [7, 11) is -1.62. The molecule has 0 radical (unpaired) electrons. The third kappa shape index (κ3) is 3.42. The average Bonchev–Trinajstić information content (AvgIpc) is 2.16. The molecule has 0 amide bonds. The molecule has 0 bridgehead atoms.